The summed E-state index contributed by atoms with van der Waals surface area (Å²) in [5.74, 6) is 0. The Morgan fingerprint density at radius 2 is 2.00 bits per heavy atom. The molecule has 0 spiro atoms. The van der Waals surface area contributed by atoms with Gasteiger partial charge in [0, 0.05) is 50.0 Å². The second kappa shape index (κ2) is 7.23. The van der Waals surface area contributed by atoms with Gasteiger partial charge in [-0.15, -0.1) is 0 Å². The predicted molar refractivity (Wildman–Crippen MR) is 87.7 cm³/mol. The highest BCUT2D eigenvalue weighted by Gasteiger charge is 2.35. The van der Waals surface area contributed by atoms with E-state index in [1.807, 2.05) is 16.8 Å². The molecule has 2 heterocycles. The Morgan fingerprint density at radius 1 is 1.24 bits per heavy atom. The van der Waals surface area contributed by atoms with Crippen LogP contribution in [0.3, 0.4) is 0 Å². The van der Waals surface area contributed by atoms with Crippen LogP contribution in [-0.2, 0) is 6.54 Å². The van der Waals surface area contributed by atoms with Gasteiger partial charge < -0.3 is 9.88 Å². The Bertz CT molecular complexity index is 493. The summed E-state index contributed by atoms with van der Waals surface area (Å²) in [6, 6.07) is 5.95. The van der Waals surface area contributed by atoms with E-state index in [0.29, 0.717) is 6.04 Å². The van der Waals surface area contributed by atoms with Gasteiger partial charge in [-0.05, 0) is 25.3 Å². The molecule has 4 nitrogen and oxygen atoms in total. The maximum Gasteiger partial charge on any atom is 0.250 e. The van der Waals surface area contributed by atoms with Crippen molar-refractivity contribution in [2.24, 2.45) is 0 Å². The van der Waals surface area contributed by atoms with E-state index >= 15 is 0 Å². The molecule has 0 saturated carbocycles. The first kappa shape index (κ1) is 16.2. The molecule has 0 radical (unpaired) electrons. The van der Waals surface area contributed by atoms with Crippen LogP contribution in [0.1, 0.15) is 40.0 Å². The first-order valence-corrected chi connectivity index (χ1v) is 8.28. The molecule has 1 aliphatic heterocycles. The van der Waals surface area contributed by atoms with Gasteiger partial charge in [0.1, 0.15) is 0 Å². The molecule has 1 unspecified atom stereocenters. The Hall–Kier alpha value is -1.13. The standard InChI is InChI=1S/C17H29N3O/c1-4-15-13-18-17(5-2,6-3)14-20(15)12-11-19-10-8-7-9-16(19)21/h7-10,15,18H,4-6,11-14H2,1-3H3. The lowest BCUT2D eigenvalue weighted by molar-refractivity contribution is 0.0674. The lowest BCUT2D eigenvalue weighted by atomic mass is 9.88. The minimum Gasteiger partial charge on any atom is -0.314 e. The van der Waals surface area contributed by atoms with Crippen LogP contribution in [0.25, 0.3) is 0 Å². The van der Waals surface area contributed by atoms with Gasteiger partial charge in [0.25, 0.3) is 5.56 Å². The number of piperazine rings is 1. The van der Waals surface area contributed by atoms with Gasteiger partial charge in [0.05, 0.1) is 0 Å². The van der Waals surface area contributed by atoms with E-state index in [0.717, 1.165) is 45.4 Å². The summed E-state index contributed by atoms with van der Waals surface area (Å²) < 4.78 is 1.81. The van der Waals surface area contributed by atoms with Crippen molar-refractivity contribution in [3.8, 4) is 0 Å². The molecule has 0 aromatic carbocycles. The Balaban J connectivity index is 2.04. The monoisotopic (exact) mass is 291 g/mol. The smallest absolute Gasteiger partial charge is 0.250 e. The first-order valence-electron chi connectivity index (χ1n) is 8.28. The molecular formula is C17H29N3O. The van der Waals surface area contributed by atoms with E-state index in [1.165, 1.54) is 0 Å². The molecule has 0 bridgehead atoms. The summed E-state index contributed by atoms with van der Waals surface area (Å²) in [6.07, 6.45) is 5.35. The summed E-state index contributed by atoms with van der Waals surface area (Å²) in [5, 5.41) is 3.76. The molecule has 2 rings (SSSR count). The number of nitrogens with zero attached hydrogens (tertiary/aromatic N) is 2. The topological polar surface area (TPSA) is 37.3 Å². The van der Waals surface area contributed by atoms with E-state index in [-0.39, 0.29) is 11.1 Å². The molecule has 0 amide bonds. The number of pyridine rings is 1. The summed E-state index contributed by atoms with van der Waals surface area (Å²) in [6.45, 7) is 10.7. The quantitative estimate of drug-likeness (QED) is 0.872. The Kier molecular flexibility index (Phi) is 5.59. The third kappa shape index (κ3) is 3.74. The zero-order valence-electron chi connectivity index (χ0n) is 13.6. The highest BCUT2D eigenvalue weighted by atomic mass is 16.1. The van der Waals surface area contributed by atoms with Gasteiger partial charge in [-0.3, -0.25) is 9.69 Å². The fourth-order valence-corrected chi connectivity index (χ4v) is 3.31. The molecule has 1 aromatic rings. The minimum absolute atomic E-state index is 0.0953. The van der Waals surface area contributed by atoms with Crippen LogP contribution in [0.4, 0.5) is 0 Å². The fourth-order valence-electron chi connectivity index (χ4n) is 3.31. The minimum atomic E-state index is 0.0953. The largest absolute Gasteiger partial charge is 0.314 e. The number of nitrogens with one attached hydrogen (secondary N) is 1. The van der Waals surface area contributed by atoms with Crippen LogP contribution in [0, 0.1) is 0 Å². The summed E-state index contributed by atoms with van der Waals surface area (Å²) in [7, 11) is 0. The van der Waals surface area contributed by atoms with Crippen molar-refractivity contribution in [3.05, 3.63) is 34.7 Å². The van der Waals surface area contributed by atoms with E-state index < -0.39 is 0 Å². The van der Waals surface area contributed by atoms with E-state index in [9.17, 15) is 4.79 Å². The zero-order chi connectivity index (χ0) is 15.3. The second-order valence-corrected chi connectivity index (χ2v) is 6.13. The van der Waals surface area contributed by atoms with E-state index in [2.05, 4.69) is 31.0 Å². The van der Waals surface area contributed by atoms with Gasteiger partial charge in [0.2, 0.25) is 0 Å². The molecular weight excluding hydrogens is 262 g/mol. The molecule has 4 heteroatoms. The van der Waals surface area contributed by atoms with Gasteiger partial charge in [0.15, 0.2) is 0 Å². The summed E-state index contributed by atoms with van der Waals surface area (Å²) in [4.78, 5) is 14.4. The Labute approximate surface area is 128 Å². The summed E-state index contributed by atoms with van der Waals surface area (Å²) >= 11 is 0. The van der Waals surface area contributed by atoms with Gasteiger partial charge in [-0.25, -0.2) is 0 Å². The van der Waals surface area contributed by atoms with Crippen molar-refractivity contribution < 1.29 is 0 Å². The van der Waals surface area contributed by atoms with Crippen LogP contribution >= 0.6 is 0 Å². The molecule has 118 valence electrons. The van der Waals surface area contributed by atoms with E-state index in [1.54, 1.807) is 12.1 Å². The lowest BCUT2D eigenvalue weighted by Gasteiger charge is -2.47. The molecule has 1 saturated heterocycles. The molecule has 0 aliphatic carbocycles. The van der Waals surface area contributed by atoms with Crippen molar-refractivity contribution >= 4 is 0 Å². The molecule has 1 atom stereocenters. The van der Waals surface area contributed by atoms with Crippen molar-refractivity contribution in [1.82, 2.24) is 14.8 Å². The second-order valence-electron chi connectivity index (χ2n) is 6.13. The van der Waals surface area contributed by atoms with Crippen molar-refractivity contribution in [1.29, 1.82) is 0 Å². The number of aromatic nitrogens is 1. The molecule has 21 heavy (non-hydrogen) atoms. The Morgan fingerprint density at radius 3 is 2.62 bits per heavy atom. The maximum atomic E-state index is 11.8. The lowest BCUT2D eigenvalue weighted by Crippen LogP contribution is -2.64. The van der Waals surface area contributed by atoms with Crippen LogP contribution in [0.15, 0.2) is 29.2 Å². The number of hydrogen-bond donors (Lipinski definition) is 1. The number of rotatable bonds is 6. The third-order valence-corrected chi connectivity index (χ3v) is 5.09. The summed E-state index contributed by atoms with van der Waals surface area (Å²) in [5.41, 5.74) is 0.339. The van der Waals surface area contributed by atoms with Crippen molar-refractivity contribution in [2.45, 2.75) is 58.2 Å². The first-order chi connectivity index (χ1) is 10.1. The maximum absolute atomic E-state index is 11.8. The SMILES string of the molecule is CCC1CNC(CC)(CC)CN1CCn1ccccc1=O. The molecule has 1 aromatic heterocycles. The molecule has 1 N–H and O–H groups in total. The van der Waals surface area contributed by atoms with E-state index in [4.69, 9.17) is 0 Å². The third-order valence-electron chi connectivity index (χ3n) is 5.09. The predicted octanol–water partition coefficient (Wildman–Crippen LogP) is 2.09. The molecule has 1 fully saturated rings. The zero-order valence-corrected chi connectivity index (χ0v) is 13.6. The normalized spacial score (nSPS) is 22.3. The van der Waals surface area contributed by atoms with Crippen LogP contribution in [0.5, 0.6) is 0 Å². The van der Waals surface area contributed by atoms with Crippen molar-refractivity contribution in [3.63, 3.8) is 0 Å². The average Bonchev–Trinajstić information content (AvgIpc) is 2.53. The molecule has 1 aliphatic rings. The van der Waals surface area contributed by atoms with Crippen LogP contribution in [-0.4, -0.2) is 40.7 Å². The van der Waals surface area contributed by atoms with Gasteiger partial charge in [-0.1, -0.05) is 26.8 Å². The highest BCUT2D eigenvalue weighted by Crippen LogP contribution is 2.23. The average molecular weight is 291 g/mol. The number of hydrogen-bond acceptors (Lipinski definition) is 3. The van der Waals surface area contributed by atoms with Crippen LogP contribution < -0.4 is 10.9 Å². The highest BCUT2D eigenvalue weighted by molar-refractivity contribution is 4.97. The van der Waals surface area contributed by atoms with Gasteiger partial charge >= 0.3 is 0 Å². The van der Waals surface area contributed by atoms with Gasteiger partial charge in [-0.2, -0.15) is 0 Å². The fraction of sp³-hybridized carbons (Fsp3) is 0.706. The van der Waals surface area contributed by atoms with Crippen LogP contribution in [0.2, 0.25) is 0 Å². The van der Waals surface area contributed by atoms with Crippen molar-refractivity contribution in [2.75, 3.05) is 19.6 Å².